The molecule has 0 aliphatic heterocycles. The topological polar surface area (TPSA) is 84.6 Å². The molecule has 1 amide bonds. The summed E-state index contributed by atoms with van der Waals surface area (Å²) in [7, 11) is 0. The van der Waals surface area contributed by atoms with E-state index in [2.05, 4.69) is 5.32 Å². The Morgan fingerprint density at radius 3 is 2.75 bits per heavy atom. The number of nitrogen functional groups attached to an aromatic ring is 1. The minimum absolute atomic E-state index is 0.0969. The molecule has 0 aliphatic carbocycles. The van der Waals surface area contributed by atoms with Gasteiger partial charge in [0.15, 0.2) is 6.61 Å². The van der Waals surface area contributed by atoms with Gasteiger partial charge in [-0.3, -0.25) is 4.79 Å². The lowest BCUT2D eigenvalue weighted by molar-refractivity contribution is -0.123. The monoisotopic (exact) mass is 292 g/mol. The number of aliphatic hydroxyl groups excluding tert-OH is 1. The SMILES string of the molecule is Nc1ccc(OCC(=O)NCC(O)c2ccsc2)cc1. The number of rotatable bonds is 6. The number of ether oxygens (including phenoxy) is 1. The van der Waals surface area contributed by atoms with Gasteiger partial charge in [0.25, 0.3) is 5.91 Å². The number of nitrogens with two attached hydrogens (primary N) is 1. The van der Waals surface area contributed by atoms with Crippen molar-refractivity contribution in [1.82, 2.24) is 5.32 Å². The van der Waals surface area contributed by atoms with E-state index < -0.39 is 6.10 Å². The van der Waals surface area contributed by atoms with Crippen LogP contribution in [0.4, 0.5) is 5.69 Å². The highest BCUT2D eigenvalue weighted by Crippen LogP contribution is 2.15. The second-order valence-electron chi connectivity index (χ2n) is 4.23. The second kappa shape index (κ2) is 6.93. The predicted octanol–water partition coefficient (Wildman–Crippen LogP) is 1.56. The van der Waals surface area contributed by atoms with Crippen LogP contribution in [-0.2, 0) is 4.79 Å². The molecule has 1 heterocycles. The fourth-order valence-electron chi connectivity index (χ4n) is 1.56. The van der Waals surface area contributed by atoms with E-state index in [0.29, 0.717) is 11.4 Å². The maximum atomic E-state index is 11.6. The Morgan fingerprint density at radius 1 is 1.35 bits per heavy atom. The van der Waals surface area contributed by atoms with E-state index in [1.165, 1.54) is 11.3 Å². The Kier molecular flexibility index (Phi) is 4.97. The predicted molar refractivity (Wildman–Crippen MR) is 78.6 cm³/mol. The molecule has 0 saturated heterocycles. The molecule has 1 aromatic carbocycles. The average molecular weight is 292 g/mol. The van der Waals surface area contributed by atoms with Gasteiger partial charge >= 0.3 is 0 Å². The van der Waals surface area contributed by atoms with Gasteiger partial charge < -0.3 is 20.9 Å². The summed E-state index contributed by atoms with van der Waals surface area (Å²) in [5, 5.41) is 16.2. The first-order valence-electron chi connectivity index (χ1n) is 6.10. The van der Waals surface area contributed by atoms with Crippen molar-refractivity contribution in [1.29, 1.82) is 0 Å². The van der Waals surface area contributed by atoms with E-state index in [1.54, 1.807) is 24.3 Å². The van der Waals surface area contributed by atoms with E-state index in [1.807, 2.05) is 16.8 Å². The molecular formula is C14H16N2O3S. The number of hydrogen-bond donors (Lipinski definition) is 3. The minimum atomic E-state index is -0.693. The van der Waals surface area contributed by atoms with Gasteiger partial charge in [0.2, 0.25) is 0 Å². The van der Waals surface area contributed by atoms with E-state index in [9.17, 15) is 9.90 Å². The van der Waals surface area contributed by atoms with Crippen LogP contribution < -0.4 is 15.8 Å². The lowest BCUT2D eigenvalue weighted by Crippen LogP contribution is -2.32. The number of carbonyl (C=O) groups excluding carboxylic acids is 1. The summed E-state index contributed by atoms with van der Waals surface area (Å²) in [6, 6.07) is 8.62. The van der Waals surface area contributed by atoms with E-state index in [0.717, 1.165) is 5.56 Å². The molecule has 6 heteroatoms. The maximum Gasteiger partial charge on any atom is 0.258 e. The molecule has 2 aromatic rings. The van der Waals surface area contributed by atoms with Crippen LogP contribution in [0.3, 0.4) is 0 Å². The Hall–Kier alpha value is -2.05. The van der Waals surface area contributed by atoms with Gasteiger partial charge in [-0.1, -0.05) is 0 Å². The summed E-state index contributed by atoms with van der Waals surface area (Å²) in [5.74, 6) is 0.295. The van der Waals surface area contributed by atoms with Crippen molar-refractivity contribution >= 4 is 22.9 Å². The summed E-state index contributed by atoms with van der Waals surface area (Å²) in [6.45, 7) is 0.0704. The van der Waals surface area contributed by atoms with Gasteiger partial charge in [-0.05, 0) is 46.7 Å². The number of carbonyl (C=O) groups is 1. The lowest BCUT2D eigenvalue weighted by Gasteiger charge is -2.11. The van der Waals surface area contributed by atoms with E-state index in [-0.39, 0.29) is 19.1 Å². The number of hydrogen-bond acceptors (Lipinski definition) is 5. The molecule has 0 saturated carbocycles. The molecule has 1 atom stereocenters. The Labute approximate surface area is 121 Å². The molecule has 0 fully saturated rings. The van der Waals surface area contributed by atoms with Crippen molar-refractivity contribution in [2.45, 2.75) is 6.10 Å². The largest absolute Gasteiger partial charge is 0.484 e. The van der Waals surface area contributed by atoms with Gasteiger partial charge in [-0.25, -0.2) is 0 Å². The highest BCUT2D eigenvalue weighted by Gasteiger charge is 2.10. The van der Waals surface area contributed by atoms with Crippen LogP contribution in [-0.4, -0.2) is 24.2 Å². The molecule has 0 bridgehead atoms. The highest BCUT2D eigenvalue weighted by atomic mass is 32.1. The fraction of sp³-hybridized carbons (Fsp3) is 0.214. The molecule has 1 aromatic heterocycles. The number of benzene rings is 1. The zero-order chi connectivity index (χ0) is 14.4. The second-order valence-corrected chi connectivity index (χ2v) is 5.01. The quantitative estimate of drug-likeness (QED) is 0.705. The summed E-state index contributed by atoms with van der Waals surface area (Å²) < 4.78 is 5.30. The van der Waals surface area contributed by atoms with Gasteiger partial charge in [0.05, 0.1) is 6.10 Å². The Morgan fingerprint density at radius 2 is 2.10 bits per heavy atom. The highest BCUT2D eigenvalue weighted by molar-refractivity contribution is 7.07. The van der Waals surface area contributed by atoms with Crippen molar-refractivity contribution in [3.63, 3.8) is 0 Å². The number of anilines is 1. The van der Waals surface area contributed by atoms with Crippen LogP contribution in [0.25, 0.3) is 0 Å². The summed E-state index contributed by atoms with van der Waals surface area (Å²) >= 11 is 1.50. The van der Waals surface area contributed by atoms with Crippen molar-refractivity contribution in [2.75, 3.05) is 18.9 Å². The van der Waals surface area contributed by atoms with Gasteiger partial charge in [-0.2, -0.15) is 11.3 Å². The van der Waals surface area contributed by atoms with Crippen LogP contribution >= 0.6 is 11.3 Å². The van der Waals surface area contributed by atoms with Crippen LogP contribution in [0.1, 0.15) is 11.7 Å². The molecular weight excluding hydrogens is 276 g/mol. The van der Waals surface area contributed by atoms with E-state index >= 15 is 0 Å². The number of thiophene rings is 1. The van der Waals surface area contributed by atoms with E-state index in [4.69, 9.17) is 10.5 Å². The van der Waals surface area contributed by atoms with Crippen molar-refractivity contribution < 1.29 is 14.6 Å². The van der Waals surface area contributed by atoms with Crippen LogP contribution in [0.2, 0.25) is 0 Å². The first-order chi connectivity index (χ1) is 9.65. The molecule has 4 N–H and O–H groups in total. The maximum absolute atomic E-state index is 11.6. The Balaban J connectivity index is 1.71. The summed E-state index contributed by atoms with van der Waals surface area (Å²) in [5.41, 5.74) is 6.99. The first kappa shape index (κ1) is 14.4. The first-order valence-corrected chi connectivity index (χ1v) is 7.04. The molecule has 0 aliphatic rings. The van der Waals surface area contributed by atoms with Crippen molar-refractivity contribution in [3.05, 3.63) is 46.7 Å². The number of nitrogens with one attached hydrogen (secondary N) is 1. The third-order valence-corrected chi connectivity index (χ3v) is 3.37. The molecule has 20 heavy (non-hydrogen) atoms. The zero-order valence-corrected chi connectivity index (χ0v) is 11.6. The van der Waals surface area contributed by atoms with Crippen LogP contribution in [0.5, 0.6) is 5.75 Å². The minimum Gasteiger partial charge on any atom is -0.484 e. The summed E-state index contributed by atoms with van der Waals surface area (Å²) in [6.07, 6.45) is -0.693. The number of amides is 1. The third-order valence-electron chi connectivity index (χ3n) is 2.67. The molecule has 106 valence electrons. The van der Waals surface area contributed by atoms with Gasteiger partial charge in [0, 0.05) is 12.2 Å². The van der Waals surface area contributed by atoms with Crippen molar-refractivity contribution in [3.8, 4) is 5.75 Å². The van der Waals surface area contributed by atoms with Crippen LogP contribution in [0.15, 0.2) is 41.1 Å². The zero-order valence-electron chi connectivity index (χ0n) is 10.8. The molecule has 0 radical (unpaired) electrons. The smallest absolute Gasteiger partial charge is 0.258 e. The fourth-order valence-corrected chi connectivity index (χ4v) is 2.26. The third kappa shape index (κ3) is 4.25. The van der Waals surface area contributed by atoms with Crippen molar-refractivity contribution in [2.24, 2.45) is 0 Å². The molecule has 1 unspecified atom stereocenters. The molecule has 0 spiro atoms. The number of aliphatic hydroxyl groups is 1. The van der Waals surface area contributed by atoms with Gasteiger partial charge in [0.1, 0.15) is 5.75 Å². The molecule has 2 rings (SSSR count). The summed E-state index contributed by atoms with van der Waals surface area (Å²) in [4.78, 5) is 11.6. The Bertz CT molecular complexity index is 540. The van der Waals surface area contributed by atoms with Crippen LogP contribution in [0, 0.1) is 0 Å². The average Bonchev–Trinajstić information content (AvgIpc) is 2.98. The standard InChI is InChI=1S/C14H16N2O3S/c15-11-1-3-12(4-2-11)19-8-14(18)16-7-13(17)10-5-6-20-9-10/h1-6,9,13,17H,7-8,15H2,(H,16,18). The molecule has 5 nitrogen and oxygen atoms in total. The lowest BCUT2D eigenvalue weighted by atomic mass is 10.2. The van der Waals surface area contributed by atoms with Gasteiger partial charge in [-0.15, -0.1) is 0 Å². The normalized spacial score (nSPS) is 11.8.